The Labute approximate surface area is 185 Å². The molecule has 0 saturated heterocycles. The largest absolute Gasteiger partial charge is 0.342 e. The van der Waals surface area contributed by atoms with E-state index < -0.39 is 0 Å². The van der Waals surface area contributed by atoms with E-state index in [9.17, 15) is 0 Å². The van der Waals surface area contributed by atoms with Crippen LogP contribution in [0.25, 0.3) is 22.5 Å². The van der Waals surface area contributed by atoms with Gasteiger partial charge in [-0.2, -0.15) is 0 Å². The van der Waals surface area contributed by atoms with Gasteiger partial charge in [-0.05, 0) is 73.6 Å². The van der Waals surface area contributed by atoms with Crippen LogP contribution >= 0.6 is 0 Å². The van der Waals surface area contributed by atoms with Gasteiger partial charge in [-0.1, -0.05) is 78.9 Å². The molecule has 0 spiro atoms. The molecule has 0 amide bonds. The summed E-state index contributed by atoms with van der Waals surface area (Å²) in [5.41, 5.74) is 9.14. The molecule has 0 bridgehead atoms. The molecule has 0 aliphatic heterocycles. The smallest absolute Gasteiger partial charge is 0.138 e. The highest BCUT2D eigenvalue weighted by atomic mass is 14.9. The third-order valence-corrected chi connectivity index (χ3v) is 6.74. The van der Waals surface area contributed by atoms with Crippen molar-refractivity contribution in [2.75, 3.05) is 0 Å². The highest BCUT2D eigenvalue weighted by Crippen LogP contribution is 2.33. The standard InChI is InChI=1S/C29H30N2/c1-21-25(24-14-6-3-7-15-24)16-9-17-26(21)29-30-27-19-18-23(20-28(27)31-29)13-8-12-22-10-4-2-5-11-22/h2-7,9-11,14-17,23H,8,12-13,18-20H2,1H3,(H,30,31). The van der Waals surface area contributed by atoms with Gasteiger partial charge in [0, 0.05) is 11.3 Å². The summed E-state index contributed by atoms with van der Waals surface area (Å²) in [5.74, 6) is 1.80. The summed E-state index contributed by atoms with van der Waals surface area (Å²) in [6.45, 7) is 2.21. The van der Waals surface area contributed by atoms with Crippen LogP contribution in [0.5, 0.6) is 0 Å². The number of aromatic amines is 1. The first kappa shape index (κ1) is 19.8. The second kappa shape index (κ2) is 8.93. The van der Waals surface area contributed by atoms with Gasteiger partial charge in [0.2, 0.25) is 0 Å². The van der Waals surface area contributed by atoms with Gasteiger partial charge < -0.3 is 4.98 Å². The minimum absolute atomic E-state index is 0.765. The summed E-state index contributed by atoms with van der Waals surface area (Å²) in [5, 5.41) is 0. The predicted octanol–water partition coefficient (Wildman–Crippen LogP) is 7.18. The molecule has 0 radical (unpaired) electrons. The van der Waals surface area contributed by atoms with Crippen LogP contribution in [0.15, 0.2) is 78.9 Å². The lowest BCUT2D eigenvalue weighted by Gasteiger charge is -2.21. The molecule has 4 aromatic rings. The fraction of sp³-hybridized carbons (Fsp3) is 0.276. The lowest BCUT2D eigenvalue weighted by atomic mass is 9.86. The molecule has 1 aliphatic carbocycles. The molecule has 156 valence electrons. The number of hydrogen-bond acceptors (Lipinski definition) is 1. The Bertz CT molecular complexity index is 1140. The van der Waals surface area contributed by atoms with Crippen LogP contribution in [0.3, 0.4) is 0 Å². The van der Waals surface area contributed by atoms with Crippen LogP contribution in [0.2, 0.25) is 0 Å². The number of imidazole rings is 1. The molecule has 0 saturated carbocycles. The maximum atomic E-state index is 5.02. The summed E-state index contributed by atoms with van der Waals surface area (Å²) in [4.78, 5) is 8.72. The highest BCUT2D eigenvalue weighted by Gasteiger charge is 2.23. The Balaban J connectivity index is 1.30. The number of nitrogens with zero attached hydrogens (tertiary/aromatic N) is 1. The summed E-state index contributed by atoms with van der Waals surface area (Å²) in [7, 11) is 0. The molecule has 1 aromatic heterocycles. The van der Waals surface area contributed by atoms with E-state index in [1.54, 1.807) is 0 Å². The van der Waals surface area contributed by atoms with Crippen LogP contribution in [-0.4, -0.2) is 9.97 Å². The van der Waals surface area contributed by atoms with Gasteiger partial charge in [0.1, 0.15) is 5.82 Å². The molecule has 31 heavy (non-hydrogen) atoms. The average Bonchev–Trinajstić information content (AvgIpc) is 3.24. The van der Waals surface area contributed by atoms with Gasteiger partial charge in [0.25, 0.3) is 0 Å². The Kier molecular flexibility index (Phi) is 5.71. The first-order valence-corrected chi connectivity index (χ1v) is 11.5. The van der Waals surface area contributed by atoms with Crippen LogP contribution in [0.4, 0.5) is 0 Å². The van der Waals surface area contributed by atoms with Crippen molar-refractivity contribution in [2.24, 2.45) is 5.92 Å². The van der Waals surface area contributed by atoms with E-state index in [1.165, 1.54) is 64.9 Å². The van der Waals surface area contributed by atoms with E-state index in [4.69, 9.17) is 4.98 Å². The Morgan fingerprint density at radius 1 is 0.871 bits per heavy atom. The molecular formula is C29H30N2. The quantitative estimate of drug-likeness (QED) is 0.361. The molecule has 2 heteroatoms. The summed E-state index contributed by atoms with van der Waals surface area (Å²) in [6, 6.07) is 28.1. The zero-order valence-electron chi connectivity index (χ0n) is 18.3. The molecule has 0 fully saturated rings. The van der Waals surface area contributed by atoms with Crippen molar-refractivity contribution in [2.45, 2.75) is 45.4 Å². The maximum absolute atomic E-state index is 5.02. The number of hydrogen-bond donors (Lipinski definition) is 1. The van der Waals surface area contributed by atoms with E-state index >= 15 is 0 Å². The fourth-order valence-corrected chi connectivity index (χ4v) is 4.99. The van der Waals surface area contributed by atoms with Crippen molar-refractivity contribution in [3.8, 4) is 22.5 Å². The molecule has 1 aliphatic rings. The lowest BCUT2D eigenvalue weighted by molar-refractivity contribution is 0.409. The van der Waals surface area contributed by atoms with Crippen molar-refractivity contribution in [3.63, 3.8) is 0 Å². The molecule has 1 atom stereocenters. The van der Waals surface area contributed by atoms with E-state index in [-0.39, 0.29) is 0 Å². The molecule has 5 rings (SSSR count). The Hall–Kier alpha value is -3.13. The molecule has 1 N–H and O–H groups in total. The Morgan fingerprint density at radius 3 is 2.42 bits per heavy atom. The molecule has 1 heterocycles. The molecule has 2 nitrogen and oxygen atoms in total. The van der Waals surface area contributed by atoms with E-state index in [0.717, 1.165) is 24.6 Å². The number of aromatic nitrogens is 2. The molecular weight excluding hydrogens is 376 g/mol. The first-order chi connectivity index (χ1) is 15.3. The van der Waals surface area contributed by atoms with Gasteiger partial charge in [-0.15, -0.1) is 0 Å². The van der Waals surface area contributed by atoms with E-state index in [0.29, 0.717) is 0 Å². The molecule has 3 aromatic carbocycles. The second-order valence-corrected chi connectivity index (χ2v) is 8.84. The van der Waals surface area contributed by atoms with Crippen molar-refractivity contribution >= 4 is 0 Å². The van der Waals surface area contributed by atoms with E-state index in [1.807, 2.05) is 0 Å². The zero-order valence-corrected chi connectivity index (χ0v) is 18.3. The van der Waals surface area contributed by atoms with Gasteiger partial charge in [-0.25, -0.2) is 4.98 Å². The predicted molar refractivity (Wildman–Crippen MR) is 129 cm³/mol. The topological polar surface area (TPSA) is 28.7 Å². The van der Waals surface area contributed by atoms with Crippen LogP contribution in [-0.2, 0) is 19.3 Å². The van der Waals surface area contributed by atoms with Crippen molar-refractivity contribution < 1.29 is 0 Å². The Morgan fingerprint density at radius 2 is 1.61 bits per heavy atom. The van der Waals surface area contributed by atoms with Crippen LogP contribution in [0.1, 0.15) is 41.8 Å². The summed E-state index contributed by atoms with van der Waals surface area (Å²) < 4.78 is 0. The monoisotopic (exact) mass is 406 g/mol. The van der Waals surface area contributed by atoms with Gasteiger partial charge >= 0.3 is 0 Å². The van der Waals surface area contributed by atoms with Gasteiger partial charge in [-0.3, -0.25) is 0 Å². The number of benzene rings is 3. The number of aryl methyl sites for hydroxylation is 2. The average molecular weight is 407 g/mol. The number of nitrogens with one attached hydrogen (secondary N) is 1. The maximum Gasteiger partial charge on any atom is 0.138 e. The first-order valence-electron chi connectivity index (χ1n) is 11.5. The summed E-state index contributed by atoms with van der Waals surface area (Å²) >= 11 is 0. The van der Waals surface area contributed by atoms with Gasteiger partial charge in [0.15, 0.2) is 0 Å². The lowest BCUT2D eigenvalue weighted by Crippen LogP contribution is -2.14. The normalized spacial score (nSPS) is 15.6. The van der Waals surface area contributed by atoms with Crippen molar-refractivity contribution in [3.05, 3.63) is 101 Å². The SMILES string of the molecule is Cc1c(-c2ccccc2)cccc1-c1nc2c([nH]1)CC(CCCc1ccccc1)CC2. The number of H-pyrrole nitrogens is 1. The van der Waals surface area contributed by atoms with E-state index in [2.05, 4.69) is 90.8 Å². The minimum Gasteiger partial charge on any atom is -0.342 e. The number of fused-ring (bicyclic) bond motifs is 1. The second-order valence-electron chi connectivity index (χ2n) is 8.84. The van der Waals surface area contributed by atoms with Gasteiger partial charge in [0.05, 0.1) is 5.69 Å². The molecule has 1 unspecified atom stereocenters. The van der Waals surface area contributed by atoms with Crippen molar-refractivity contribution in [1.82, 2.24) is 9.97 Å². The zero-order chi connectivity index (χ0) is 21.0. The van der Waals surface area contributed by atoms with Crippen LogP contribution in [0, 0.1) is 12.8 Å². The summed E-state index contributed by atoms with van der Waals surface area (Å²) in [6.07, 6.45) is 7.24. The fourth-order valence-electron chi connectivity index (χ4n) is 4.99. The third-order valence-electron chi connectivity index (χ3n) is 6.74. The minimum atomic E-state index is 0.765. The number of rotatable bonds is 6. The third kappa shape index (κ3) is 4.34. The van der Waals surface area contributed by atoms with Crippen LogP contribution < -0.4 is 0 Å². The van der Waals surface area contributed by atoms with Crippen molar-refractivity contribution in [1.29, 1.82) is 0 Å². The highest BCUT2D eigenvalue weighted by molar-refractivity contribution is 5.75.